The summed E-state index contributed by atoms with van der Waals surface area (Å²) in [6.07, 6.45) is 13.6. The summed E-state index contributed by atoms with van der Waals surface area (Å²) in [4.78, 5) is 38.6. The maximum atomic E-state index is 13.2. The molecule has 0 aliphatic heterocycles. The lowest BCUT2D eigenvalue weighted by atomic mass is 9.86. The fraction of sp³-hybridized carbons (Fsp3) is 0.889. The Kier molecular flexibility index (Phi) is 18.1. The molecule has 1 aliphatic carbocycles. The minimum Gasteiger partial charge on any atom is -0.448 e. The summed E-state index contributed by atoms with van der Waals surface area (Å²) < 4.78 is 5.08. The van der Waals surface area contributed by atoms with E-state index in [1.54, 1.807) is 6.92 Å². The summed E-state index contributed by atoms with van der Waals surface area (Å²) in [6.45, 7) is 7.67. The van der Waals surface area contributed by atoms with Gasteiger partial charge in [0.1, 0.15) is 6.04 Å². The summed E-state index contributed by atoms with van der Waals surface area (Å²) >= 11 is 0. The molecule has 0 aromatic rings. The van der Waals surface area contributed by atoms with Crippen LogP contribution in [0, 0.1) is 5.92 Å². The Morgan fingerprint density at radius 3 is 2.31 bits per heavy atom. The molecule has 0 bridgehead atoms. The second-order valence-corrected chi connectivity index (χ2v) is 9.97. The number of ether oxygens (including phenoxy) is 1. The van der Waals surface area contributed by atoms with Crippen LogP contribution < -0.4 is 21.8 Å². The standard InChI is InChI=1S/C27H53N5O4/c1-4-7-21-32(27(35)36-6-3)31-26(34)24(14-5-2)30-25(33)23(18-11-12-19-28)29-20-13-17-22-15-9-8-10-16-22/h22-24,29H,4-21,28H2,1-3H3,(H,30,33)(H,31,34)/t23-,24-/m0/s1. The Hall–Kier alpha value is -1.87. The Morgan fingerprint density at radius 1 is 0.917 bits per heavy atom. The SMILES string of the molecule is CCCCN(NC(=O)[C@H](CCC)NC(=O)[C@H](CCCCN)NCCCC1CCCCC1)C(=O)OCC. The summed E-state index contributed by atoms with van der Waals surface area (Å²) in [5.74, 6) is 0.250. The molecule has 1 saturated carbocycles. The van der Waals surface area contributed by atoms with Crippen molar-refractivity contribution >= 4 is 17.9 Å². The van der Waals surface area contributed by atoms with Crippen molar-refractivity contribution in [1.82, 2.24) is 21.1 Å². The molecule has 9 heteroatoms. The Morgan fingerprint density at radius 2 is 1.67 bits per heavy atom. The molecule has 36 heavy (non-hydrogen) atoms. The Balaban J connectivity index is 2.71. The molecule has 2 atom stereocenters. The minimum atomic E-state index is -0.720. The van der Waals surface area contributed by atoms with E-state index < -0.39 is 18.0 Å². The molecule has 0 saturated heterocycles. The van der Waals surface area contributed by atoms with E-state index in [1.807, 2.05) is 13.8 Å². The van der Waals surface area contributed by atoms with E-state index in [9.17, 15) is 14.4 Å². The van der Waals surface area contributed by atoms with E-state index in [-0.39, 0.29) is 18.6 Å². The highest BCUT2D eigenvalue weighted by Gasteiger charge is 2.27. The number of amides is 3. The average Bonchev–Trinajstić information content (AvgIpc) is 2.88. The van der Waals surface area contributed by atoms with Gasteiger partial charge in [-0.1, -0.05) is 65.2 Å². The number of unbranched alkanes of at least 4 members (excludes halogenated alkanes) is 2. The van der Waals surface area contributed by atoms with E-state index in [4.69, 9.17) is 10.5 Å². The summed E-state index contributed by atoms with van der Waals surface area (Å²) in [5, 5.41) is 7.60. The minimum absolute atomic E-state index is 0.172. The van der Waals surface area contributed by atoms with Crippen LogP contribution >= 0.6 is 0 Å². The normalized spacial score (nSPS) is 15.7. The molecule has 0 aromatic carbocycles. The molecule has 9 nitrogen and oxygen atoms in total. The number of nitrogens with one attached hydrogen (secondary N) is 3. The van der Waals surface area contributed by atoms with Gasteiger partial charge in [-0.05, 0) is 64.5 Å². The predicted octanol–water partition coefficient (Wildman–Crippen LogP) is 4.01. The highest BCUT2D eigenvalue weighted by atomic mass is 16.6. The number of carbonyl (C=O) groups excluding carboxylic acids is 3. The third kappa shape index (κ3) is 13.4. The molecule has 0 aromatic heterocycles. The summed E-state index contributed by atoms with van der Waals surface area (Å²) in [5.41, 5.74) is 8.34. The van der Waals surface area contributed by atoms with Gasteiger partial charge < -0.3 is 21.1 Å². The highest BCUT2D eigenvalue weighted by Crippen LogP contribution is 2.27. The Labute approximate surface area is 219 Å². The largest absolute Gasteiger partial charge is 0.448 e. The molecule has 0 unspecified atom stereocenters. The average molecular weight is 512 g/mol. The molecule has 1 fully saturated rings. The lowest BCUT2D eigenvalue weighted by molar-refractivity contribution is -0.132. The summed E-state index contributed by atoms with van der Waals surface area (Å²) in [6, 6.07) is -1.08. The van der Waals surface area contributed by atoms with Crippen LogP contribution in [-0.4, -0.2) is 61.2 Å². The molecule has 0 radical (unpaired) electrons. The summed E-state index contributed by atoms with van der Waals surface area (Å²) in [7, 11) is 0. The van der Waals surface area contributed by atoms with Crippen molar-refractivity contribution in [3.05, 3.63) is 0 Å². The van der Waals surface area contributed by atoms with Crippen LogP contribution in [-0.2, 0) is 14.3 Å². The third-order valence-corrected chi connectivity index (χ3v) is 6.85. The lowest BCUT2D eigenvalue weighted by Crippen LogP contribution is -2.57. The monoisotopic (exact) mass is 511 g/mol. The fourth-order valence-electron chi connectivity index (χ4n) is 4.71. The van der Waals surface area contributed by atoms with Gasteiger partial charge in [0.2, 0.25) is 5.91 Å². The number of rotatable bonds is 18. The van der Waals surface area contributed by atoms with E-state index in [2.05, 4.69) is 16.1 Å². The van der Waals surface area contributed by atoms with Crippen LogP contribution in [0.3, 0.4) is 0 Å². The third-order valence-electron chi connectivity index (χ3n) is 6.85. The van der Waals surface area contributed by atoms with Crippen molar-refractivity contribution in [2.45, 2.75) is 123 Å². The number of hydrazine groups is 1. The first-order valence-corrected chi connectivity index (χ1v) is 14.4. The van der Waals surface area contributed by atoms with Crippen LogP contribution in [0.4, 0.5) is 4.79 Å². The number of nitrogens with zero attached hydrogens (tertiary/aromatic N) is 1. The molecule has 3 amide bonds. The number of hydrogen-bond acceptors (Lipinski definition) is 6. The second-order valence-electron chi connectivity index (χ2n) is 9.97. The number of nitrogens with two attached hydrogens (primary N) is 1. The fourth-order valence-corrected chi connectivity index (χ4v) is 4.71. The smallest absolute Gasteiger partial charge is 0.428 e. The van der Waals surface area contributed by atoms with E-state index in [0.717, 1.165) is 51.0 Å². The maximum absolute atomic E-state index is 13.2. The van der Waals surface area contributed by atoms with Crippen LogP contribution in [0.2, 0.25) is 0 Å². The van der Waals surface area contributed by atoms with Crippen molar-refractivity contribution in [2.24, 2.45) is 11.7 Å². The van der Waals surface area contributed by atoms with Crippen LogP contribution in [0.5, 0.6) is 0 Å². The van der Waals surface area contributed by atoms with Crippen LogP contribution in [0.25, 0.3) is 0 Å². The van der Waals surface area contributed by atoms with Gasteiger partial charge in [-0.2, -0.15) is 0 Å². The molecule has 0 heterocycles. The zero-order valence-corrected chi connectivity index (χ0v) is 23.1. The van der Waals surface area contributed by atoms with Gasteiger partial charge in [-0.15, -0.1) is 0 Å². The Bertz CT molecular complexity index is 613. The van der Waals surface area contributed by atoms with Gasteiger partial charge >= 0.3 is 6.09 Å². The predicted molar refractivity (Wildman–Crippen MR) is 144 cm³/mol. The number of hydrogen-bond donors (Lipinski definition) is 4. The first-order valence-electron chi connectivity index (χ1n) is 14.4. The second kappa shape index (κ2) is 20.2. The molecule has 0 spiro atoms. The van der Waals surface area contributed by atoms with Crippen LogP contribution in [0.1, 0.15) is 111 Å². The maximum Gasteiger partial charge on any atom is 0.428 e. The van der Waals surface area contributed by atoms with Gasteiger partial charge in [-0.3, -0.25) is 15.0 Å². The van der Waals surface area contributed by atoms with E-state index in [1.165, 1.54) is 43.5 Å². The van der Waals surface area contributed by atoms with Gasteiger partial charge in [0.05, 0.1) is 12.6 Å². The van der Waals surface area contributed by atoms with Gasteiger partial charge in [-0.25, -0.2) is 9.80 Å². The lowest BCUT2D eigenvalue weighted by Gasteiger charge is -2.27. The van der Waals surface area contributed by atoms with E-state index in [0.29, 0.717) is 25.9 Å². The van der Waals surface area contributed by atoms with Crippen molar-refractivity contribution in [1.29, 1.82) is 0 Å². The highest BCUT2D eigenvalue weighted by molar-refractivity contribution is 5.90. The van der Waals surface area contributed by atoms with E-state index >= 15 is 0 Å². The molecule has 210 valence electrons. The van der Waals surface area contributed by atoms with Crippen molar-refractivity contribution in [3.8, 4) is 0 Å². The van der Waals surface area contributed by atoms with Crippen molar-refractivity contribution in [2.75, 3.05) is 26.2 Å². The zero-order chi connectivity index (χ0) is 26.6. The topological polar surface area (TPSA) is 126 Å². The van der Waals surface area contributed by atoms with Gasteiger partial charge in [0.25, 0.3) is 5.91 Å². The van der Waals surface area contributed by atoms with Gasteiger partial charge in [0, 0.05) is 6.54 Å². The van der Waals surface area contributed by atoms with Crippen molar-refractivity contribution < 1.29 is 19.1 Å². The molecule has 1 aliphatic rings. The van der Waals surface area contributed by atoms with Crippen LogP contribution in [0.15, 0.2) is 0 Å². The quantitative estimate of drug-likeness (QED) is 0.163. The molecule has 1 rings (SSSR count). The first-order chi connectivity index (χ1) is 17.5. The number of carbonyl (C=O) groups is 3. The zero-order valence-electron chi connectivity index (χ0n) is 23.1. The molecule has 5 N–H and O–H groups in total. The molecular formula is C27H53N5O4. The van der Waals surface area contributed by atoms with Gasteiger partial charge in [0.15, 0.2) is 0 Å². The first kappa shape index (κ1) is 32.2. The molecular weight excluding hydrogens is 458 g/mol. The van der Waals surface area contributed by atoms with Crippen molar-refractivity contribution in [3.63, 3.8) is 0 Å².